The summed E-state index contributed by atoms with van der Waals surface area (Å²) in [5.74, 6) is 3.01. The van der Waals surface area contributed by atoms with Crippen LogP contribution >= 0.6 is 0 Å². The van der Waals surface area contributed by atoms with Crippen LogP contribution < -0.4 is 15.4 Å². The maximum Gasteiger partial charge on any atom is 0.191 e. The minimum absolute atomic E-state index is 0.312. The van der Waals surface area contributed by atoms with Crippen molar-refractivity contribution in [3.8, 4) is 5.75 Å². The summed E-state index contributed by atoms with van der Waals surface area (Å²) >= 11 is 0. The fourth-order valence-corrected chi connectivity index (χ4v) is 3.11. The van der Waals surface area contributed by atoms with Crippen LogP contribution in [0.4, 0.5) is 0 Å². The first kappa shape index (κ1) is 23.8. The highest BCUT2D eigenvalue weighted by Crippen LogP contribution is 2.26. The van der Waals surface area contributed by atoms with Gasteiger partial charge in [-0.15, -0.1) is 0 Å². The number of aliphatic imine (C=N–C) groups is 1. The van der Waals surface area contributed by atoms with Gasteiger partial charge >= 0.3 is 0 Å². The van der Waals surface area contributed by atoms with Crippen LogP contribution in [0, 0.1) is 13.8 Å². The van der Waals surface area contributed by atoms with Crippen LogP contribution in [0.2, 0.25) is 0 Å². The number of nitrogens with one attached hydrogen (secondary N) is 2. The summed E-state index contributed by atoms with van der Waals surface area (Å²) < 4.78 is 11.4. The Hall–Kier alpha value is -2.51. The van der Waals surface area contributed by atoms with Crippen LogP contribution in [0.25, 0.3) is 0 Å². The van der Waals surface area contributed by atoms with Gasteiger partial charge in [-0.1, -0.05) is 12.1 Å². The molecule has 7 nitrogen and oxygen atoms in total. The Morgan fingerprint density at radius 1 is 1.23 bits per heavy atom. The molecule has 7 heteroatoms. The van der Waals surface area contributed by atoms with Crippen LogP contribution in [0.5, 0.6) is 5.75 Å². The van der Waals surface area contributed by atoms with Gasteiger partial charge in [0.25, 0.3) is 0 Å². The first-order chi connectivity index (χ1) is 14.2. The molecular weight excluding hydrogens is 380 g/mol. The predicted molar refractivity (Wildman–Crippen MR) is 121 cm³/mol. The Kier molecular flexibility index (Phi) is 8.74. The number of aliphatic hydroxyl groups is 1. The quantitative estimate of drug-likeness (QED) is 0.408. The van der Waals surface area contributed by atoms with E-state index in [2.05, 4.69) is 20.5 Å². The first-order valence-corrected chi connectivity index (χ1v) is 10.4. The fraction of sp³-hybridized carbons (Fsp3) is 0.522. The summed E-state index contributed by atoms with van der Waals surface area (Å²) in [7, 11) is 4.05. The van der Waals surface area contributed by atoms with E-state index in [0.29, 0.717) is 25.7 Å². The molecule has 0 bridgehead atoms. The molecule has 1 atom stereocenters. The standard InChI is InChI=1S/C23H36N4O3/c1-7-24-22(26-16-23(4,28)21-13-17(2)30-18(21)3)25-15-19-9-8-10-20(14-19)29-12-11-27(5)6/h8-10,13-14,28H,7,11-12,15-16H2,1-6H3,(H2,24,25,26). The Morgan fingerprint density at radius 2 is 2.00 bits per heavy atom. The number of rotatable bonds is 10. The van der Waals surface area contributed by atoms with E-state index in [-0.39, 0.29) is 0 Å². The molecule has 0 aliphatic heterocycles. The number of hydrogen-bond acceptors (Lipinski definition) is 5. The molecule has 1 aromatic carbocycles. The van der Waals surface area contributed by atoms with Gasteiger partial charge in [-0.25, -0.2) is 4.99 Å². The van der Waals surface area contributed by atoms with Crippen LogP contribution in [-0.4, -0.2) is 56.3 Å². The van der Waals surface area contributed by atoms with Crippen LogP contribution in [0.1, 0.15) is 36.5 Å². The van der Waals surface area contributed by atoms with E-state index >= 15 is 0 Å². The van der Waals surface area contributed by atoms with Crippen LogP contribution in [-0.2, 0) is 12.1 Å². The van der Waals surface area contributed by atoms with Crippen LogP contribution in [0.15, 0.2) is 39.7 Å². The van der Waals surface area contributed by atoms with Crippen molar-refractivity contribution >= 4 is 5.96 Å². The molecule has 0 radical (unpaired) electrons. The number of furan rings is 1. The van der Waals surface area contributed by atoms with E-state index in [1.807, 2.05) is 65.2 Å². The third kappa shape index (κ3) is 7.39. The third-order valence-corrected chi connectivity index (χ3v) is 4.69. The summed E-state index contributed by atoms with van der Waals surface area (Å²) in [6.45, 7) is 10.6. The molecule has 0 aliphatic rings. The SMILES string of the molecule is CCNC(=NCc1cccc(OCCN(C)C)c1)NCC(C)(O)c1cc(C)oc1C. The molecule has 2 aromatic rings. The molecular formula is C23H36N4O3. The van der Waals surface area contributed by atoms with E-state index in [1.165, 1.54) is 0 Å². The van der Waals surface area contributed by atoms with Gasteiger partial charge in [0.15, 0.2) is 5.96 Å². The van der Waals surface area contributed by atoms with Gasteiger partial charge in [0.05, 0.1) is 13.1 Å². The Balaban J connectivity index is 1.99. The van der Waals surface area contributed by atoms with Gasteiger partial charge in [0.1, 0.15) is 29.5 Å². The maximum absolute atomic E-state index is 10.9. The van der Waals surface area contributed by atoms with Crippen molar-refractivity contribution in [3.63, 3.8) is 0 Å². The zero-order chi connectivity index (χ0) is 22.1. The Morgan fingerprint density at radius 3 is 2.63 bits per heavy atom. The van der Waals surface area contributed by atoms with Gasteiger partial charge in [-0.05, 0) is 65.6 Å². The minimum Gasteiger partial charge on any atom is -0.492 e. The molecule has 0 amide bonds. The van der Waals surface area contributed by atoms with Gasteiger partial charge in [0.2, 0.25) is 0 Å². The number of hydrogen-bond donors (Lipinski definition) is 3. The summed E-state index contributed by atoms with van der Waals surface area (Å²) in [6.07, 6.45) is 0. The van der Waals surface area contributed by atoms with Crippen molar-refractivity contribution < 1.29 is 14.3 Å². The molecule has 0 aliphatic carbocycles. The monoisotopic (exact) mass is 416 g/mol. The topological polar surface area (TPSA) is 82.3 Å². The van der Waals surface area contributed by atoms with E-state index < -0.39 is 5.60 Å². The van der Waals surface area contributed by atoms with Gasteiger partial charge in [-0.2, -0.15) is 0 Å². The molecule has 0 spiro atoms. The van der Waals surface area contributed by atoms with E-state index in [4.69, 9.17) is 9.15 Å². The number of likely N-dealkylation sites (N-methyl/N-ethyl adjacent to an activating group) is 1. The third-order valence-electron chi connectivity index (χ3n) is 4.69. The number of guanidine groups is 1. The molecule has 0 fully saturated rings. The van der Waals surface area contributed by atoms with Crippen molar-refractivity contribution in [1.82, 2.24) is 15.5 Å². The highest BCUT2D eigenvalue weighted by atomic mass is 16.5. The van der Waals surface area contributed by atoms with E-state index in [9.17, 15) is 5.11 Å². The Bertz CT molecular complexity index is 828. The summed E-state index contributed by atoms with van der Waals surface area (Å²) in [6, 6.07) is 9.85. The van der Waals surface area contributed by atoms with Crippen molar-refractivity contribution in [3.05, 3.63) is 53.0 Å². The van der Waals surface area contributed by atoms with Crippen molar-refractivity contribution in [2.75, 3.05) is 40.3 Å². The van der Waals surface area contributed by atoms with Crippen molar-refractivity contribution in [2.45, 2.75) is 39.8 Å². The molecule has 0 saturated carbocycles. The van der Waals surface area contributed by atoms with Crippen molar-refractivity contribution in [1.29, 1.82) is 0 Å². The normalized spacial score (nSPS) is 13.9. The molecule has 1 heterocycles. The number of ether oxygens (including phenoxy) is 1. The largest absolute Gasteiger partial charge is 0.492 e. The van der Waals surface area contributed by atoms with Crippen molar-refractivity contribution in [2.24, 2.45) is 4.99 Å². The molecule has 166 valence electrons. The zero-order valence-corrected chi connectivity index (χ0v) is 19.1. The minimum atomic E-state index is -1.07. The number of aryl methyl sites for hydroxylation is 2. The number of nitrogens with zero attached hydrogens (tertiary/aromatic N) is 2. The van der Waals surface area contributed by atoms with Gasteiger partial charge < -0.3 is 29.8 Å². The lowest BCUT2D eigenvalue weighted by Gasteiger charge is -2.24. The smallest absolute Gasteiger partial charge is 0.191 e. The second-order valence-electron chi connectivity index (χ2n) is 7.95. The lowest BCUT2D eigenvalue weighted by atomic mass is 9.96. The average molecular weight is 417 g/mol. The van der Waals surface area contributed by atoms with Gasteiger partial charge in [0, 0.05) is 18.7 Å². The predicted octanol–water partition coefficient (Wildman–Crippen LogP) is 2.80. The molecule has 2 rings (SSSR count). The number of benzene rings is 1. The molecule has 1 aromatic heterocycles. The highest BCUT2D eigenvalue weighted by molar-refractivity contribution is 5.79. The van der Waals surface area contributed by atoms with E-state index in [1.54, 1.807) is 6.92 Å². The summed E-state index contributed by atoms with van der Waals surface area (Å²) in [4.78, 5) is 6.74. The Labute approximate surface area is 180 Å². The fourth-order valence-electron chi connectivity index (χ4n) is 3.11. The molecule has 1 unspecified atom stereocenters. The lowest BCUT2D eigenvalue weighted by molar-refractivity contribution is 0.0601. The second kappa shape index (κ2) is 11.0. The molecule has 0 saturated heterocycles. The zero-order valence-electron chi connectivity index (χ0n) is 19.1. The van der Waals surface area contributed by atoms with Gasteiger partial charge in [-0.3, -0.25) is 0 Å². The molecule has 30 heavy (non-hydrogen) atoms. The average Bonchev–Trinajstić information content (AvgIpc) is 3.03. The van der Waals surface area contributed by atoms with E-state index in [0.717, 1.165) is 41.5 Å². The summed E-state index contributed by atoms with van der Waals surface area (Å²) in [5, 5.41) is 17.4. The maximum atomic E-state index is 10.9. The lowest BCUT2D eigenvalue weighted by Crippen LogP contribution is -2.44. The summed E-state index contributed by atoms with van der Waals surface area (Å²) in [5.41, 5.74) is 0.770. The second-order valence-corrected chi connectivity index (χ2v) is 7.95. The van der Waals surface area contributed by atoms with Crippen LogP contribution in [0.3, 0.4) is 0 Å². The highest BCUT2D eigenvalue weighted by Gasteiger charge is 2.27. The molecule has 3 N–H and O–H groups in total. The first-order valence-electron chi connectivity index (χ1n) is 10.4.